The van der Waals surface area contributed by atoms with Crippen LogP contribution in [0.4, 0.5) is 0 Å². The van der Waals surface area contributed by atoms with Crippen LogP contribution in [0.2, 0.25) is 0 Å². The summed E-state index contributed by atoms with van der Waals surface area (Å²) in [5.41, 5.74) is 3.85. The van der Waals surface area contributed by atoms with Gasteiger partial charge in [0.15, 0.2) is 0 Å². The van der Waals surface area contributed by atoms with Crippen molar-refractivity contribution in [3.63, 3.8) is 0 Å². The van der Waals surface area contributed by atoms with Gasteiger partial charge >= 0.3 is 0 Å². The molecule has 0 aromatic heterocycles. The molecule has 0 saturated heterocycles. The summed E-state index contributed by atoms with van der Waals surface area (Å²) in [6, 6.07) is 55.1. The highest BCUT2D eigenvalue weighted by atomic mass is 31.1. The highest BCUT2D eigenvalue weighted by Crippen LogP contribution is 2.50. The molecule has 6 aromatic rings. The average molecular weight is 579 g/mol. The van der Waals surface area contributed by atoms with Gasteiger partial charge in [-0.3, -0.25) is 0 Å². The molecule has 0 N–H and O–H groups in total. The lowest BCUT2D eigenvalue weighted by Gasteiger charge is -2.34. The van der Waals surface area contributed by atoms with Crippen LogP contribution in [0.5, 0.6) is 11.5 Å². The maximum absolute atomic E-state index is 7.27. The Morgan fingerprint density at radius 2 is 0.881 bits per heavy atom. The minimum absolute atomic E-state index is 0.218. The molecule has 3 heteroatoms. The zero-order chi connectivity index (χ0) is 28.5. The van der Waals surface area contributed by atoms with Crippen molar-refractivity contribution in [2.45, 2.75) is 19.8 Å². The SMILES string of the molecule is Cc1ccc(P(c2ccccc2)c2ccccc2)c2c1C(C)c1cccc(P(c3ccccc3)c3ccccc3)c1O2. The van der Waals surface area contributed by atoms with E-state index in [0.717, 1.165) is 11.5 Å². The number of aryl methyl sites for hydroxylation is 1. The van der Waals surface area contributed by atoms with Gasteiger partial charge in [0.2, 0.25) is 0 Å². The zero-order valence-electron chi connectivity index (χ0n) is 23.8. The largest absolute Gasteiger partial charge is 0.455 e. The minimum atomic E-state index is -0.814. The molecule has 0 amide bonds. The number of ether oxygens (including phenoxy) is 1. The van der Waals surface area contributed by atoms with E-state index < -0.39 is 15.8 Å². The molecule has 6 aromatic carbocycles. The van der Waals surface area contributed by atoms with Crippen LogP contribution in [0.3, 0.4) is 0 Å². The van der Waals surface area contributed by atoms with Crippen LogP contribution in [-0.4, -0.2) is 0 Å². The highest BCUT2D eigenvalue weighted by molar-refractivity contribution is 7.80. The van der Waals surface area contributed by atoms with E-state index in [0.29, 0.717) is 0 Å². The Balaban J connectivity index is 1.44. The number of rotatable bonds is 6. The van der Waals surface area contributed by atoms with Crippen LogP contribution in [0, 0.1) is 6.92 Å². The lowest BCUT2D eigenvalue weighted by Crippen LogP contribution is -2.28. The summed E-state index contributed by atoms with van der Waals surface area (Å²) in [6.07, 6.45) is 0. The van der Waals surface area contributed by atoms with Gasteiger partial charge in [0.25, 0.3) is 0 Å². The van der Waals surface area contributed by atoms with E-state index in [1.165, 1.54) is 48.5 Å². The summed E-state index contributed by atoms with van der Waals surface area (Å²) in [5, 5.41) is 7.86. The second-order valence-electron chi connectivity index (χ2n) is 10.7. The second kappa shape index (κ2) is 11.7. The van der Waals surface area contributed by atoms with Crippen LogP contribution in [0.15, 0.2) is 152 Å². The smallest absolute Gasteiger partial charge is 0.139 e. The van der Waals surface area contributed by atoms with Gasteiger partial charge in [-0.25, -0.2) is 0 Å². The molecule has 204 valence electrons. The maximum Gasteiger partial charge on any atom is 0.139 e. The van der Waals surface area contributed by atoms with Crippen LogP contribution >= 0.6 is 15.8 Å². The Kier molecular flexibility index (Phi) is 7.48. The maximum atomic E-state index is 7.27. The fourth-order valence-corrected chi connectivity index (χ4v) is 10.9. The number of benzene rings is 6. The van der Waals surface area contributed by atoms with E-state index in [1.54, 1.807) is 0 Å². The molecule has 1 aliphatic heterocycles. The predicted octanol–water partition coefficient (Wildman–Crippen LogP) is 7.77. The Hall–Kier alpha value is -4.02. The van der Waals surface area contributed by atoms with Gasteiger partial charge in [-0.2, -0.15) is 0 Å². The molecule has 42 heavy (non-hydrogen) atoms. The molecule has 0 saturated carbocycles. The molecule has 1 heterocycles. The van der Waals surface area contributed by atoms with Crippen molar-refractivity contribution in [1.82, 2.24) is 0 Å². The van der Waals surface area contributed by atoms with E-state index in [1.807, 2.05) is 0 Å². The molecule has 0 radical (unpaired) electrons. The lowest BCUT2D eigenvalue weighted by molar-refractivity contribution is 0.456. The zero-order valence-corrected chi connectivity index (χ0v) is 25.6. The van der Waals surface area contributed by atoms with Gasteiger partial charge < -0.3 is 4.74 Å². The highest BCUT2D eigenvalue weighted by Gasteiger charge is 2.34. The van der Waals surface area contributed by atoms with Crippen molar-refractivity contribution < 1.29 is 4.74 Å². The van der Waals surface area contributed by atoms with E-state index in [2.05, 4.69) is 166 Å². The van der Waals surface area contributed by atoms with Crippen molar-refractivity contribution in [2.75, 3.05) is 0 Å². The third-order valence-electron chi connectivity index (χ3n) is 8.06. The summed E-state index contributed by atoms with van der Waals surface area (Å²) in [7, 11) is -1.62. The van der Waals surface area contributed by atoms with E-state index in [4.69, 9.17) is 4.74 Å². The first-order valence-electron chi connectivity index (χ1n) is 14.5. The Labute approximate surface area is 251 Å². The van der Waals surface area contributed by atoms with Crippen molar-refractivity contribution in [2.24, 2.45) is 0 Å². The fraction of sp³-hybridized carbons (Fsp3) is 0.0769. The molecule has 1 atom stereocenters. The average Bonchev–Trinajstić information content (AvgIpc) is 3.05. The monoisotopic (exact) mass is 578 g/mol. The lowest BCUT2D eigenvalue weighted by atomic mass is 9.87. The third-order valence-corrected chi connectivity index (χ3v) is 13.0. The molecule has 0 spiro atoms. The van der Waals surface area contributed by atoms with Gasteiger partial charge in [-0.15, -0.1) is 0 Å². The first-order chi connectivity index (χ1) is 20.7. The molecule has 0 aliphatic carbocycles. The molecule has 1 unspecified atom stereocenters. The molecular weight excluding hydrogens is 546 g/mol. The van der Waals surface area contributed by atoms with Crippen molar-refractivity contribution in [3.8, 4) is 11.5 Å². The number of hydrogen-bond acceptors (Lipinski definition) is 1. The van der Waals surface area contributed by atoms with E-state index in [9.17, 15) is 0 Å². The first kappa shape index (κ1) is 26.9. The molecule has 0 fully saturated rings. The molecule has 0 bridgehead atoms. The minimum Gasteiger partial charge on any atom is -0.455 e. The van der Waals surface area contributed by atoms with Gasteiger partial charge in [0, 0.05) is 27.7 Å². The Morgan fingerprint density at radius 1 is 0.452 bits per heavy atom. The molecule has 1 nitrogen and oxygen atoms in total. The van der Waals surface area contributed by atoms with Crippen LogP contribution in [0.1, 0.15) is 29.5 Å². The van der Waals surface area contributed by atoms with Gasteiger partial charge in [0.05, 0.1) is 0 Å². The normalized spacial score (nSPS) is 13.9. The standard InChI is InChI=1S/C39H32OP2/c1-28-26-27-36(42(32-20-11-5-12-21-32)33-22-13-6-14-23-33)39-37(28)29(2)34-24-15-25-35(38(34)40-39)41(30-16-7-3-8-17-30)31-18-9-4-10-19-31/h3-27,29H,1-2H3. The molecule has 1 aliphatic rings. The topological polar surface area (TPSA) is 9.23 Å². The van der Waals surface area contributed by atoms with E-state index >= 15 is 0 Å². The predicted molar refractivity (Wildman–Crippen MR) is 183 cm³/mol. The fourth-order valence-electron chi connectivity index (χ4n) is 6.10. The summed E-state index contributed by atoms with van der Waals surface area (Å²) in [5.74, 6) is 2.28. The third kappa shape index (κ3) is 4.88. The van der Waals surface area contributed by atoms with Crippen molar-refractivity contribution in [1.29, 1.82) is 0 Å². The van der Waals surface area contributed by atoms with E-state index in [-0.39, 0.29) is 5.92 Å². The summed E-state index contributed by atoms with van der Waals surface area (Å²) >= 11 is 0. The van der Waals surface area contributed by atoms with Crippen LogP contribution in [0.25, 0.3) is 0 Å². The number of fused-ring (bicyclic) bond motifs is 2. The van der Waals surface area contributed by atoms with Crippen LogP contribution in [-0.2, 0) is 0 Å². The van der Waals surface area contributed by atoms with Crippen LogP contribution < -0.4 is 36.6 Å². The van der Waals surface area contributed by atoms with Crippen molar-refractivity contribution >= 4 is 47.7 Å². The molecular formula is C39H32OP2. The molecule has 7 rings (SSSR count). The summed E-state index contributed by atoms with van der Waals surface area (Å²) in [4.78, 5) is 0. The summed E-state index contributed by atoms with van der Waals surface area (Å²) < 4.78 is 7.27. The van der Waals surface area contributed by atoms with Gasteiger partial charge in [-0.05, 0) is 55.6 Å². The Morgan fingerprint density at radius 3 is 1.33 bits per heavy atom. The quantitative estimate of drug-likeness (QED) is 0.184. The number of para-hydroxylation sites is 1. The number of hydrogen-bond donors (Lipinski definition) is 0. The van der Waals surface area contributed by atoms with Gasteiger partial charge in [-0.1, -0.05) is 153 Å². The van der Waals surface area contributed by atoms with Crippen molar-refractivity contribution in [3.05, 3.63) is 168 Å². The first-order valence-corrected chi connectivity index (χ1v) is 17.1. The Bertz CT molecular complexity index is 1740. The second-order valence-corrected chi connectivity index (χ2v) is 15.0. The van der Waals surface area contributed by atoms with Gasteiger partial charge in [0.1, 0.15) is 11.5 Å². The summed E-state index contributed by atoms with van der Waals surface area (Å²) in [6.45, 7) is 4.58.